The van der Waals surface area contributed by atoms with E-state index in [0.717, 1.165) is 34.7 Å². The van der Waals surface area contributed by atoms with Crippen LogP contribution in [0, 0.1) is 13.8 Å². The highest BCUT2D eigenvalue weighted by atomic mass is 32.1. The molecule has 1 aromatic carbocycles. The van der Waals surface area contributed by atoms with Gasteiger partial charge in [0, 0.05) is 18.3 Å². The van der Waals surface area contributed by atoms with E-state index in [-0.39, 0.29) is 0 Å². The highest BCUT2D eigenvalue weighted by Gasteiger charge is 2.08. The second-order valence-electron chi connectivity index (χ2n) is 4.72. The van der Waals surface area contributed by atoms with E-state index >= 15 is 0 Å². The molecule has 3 aromatic rings. The smallest absolute Gasteiger partial charge is 0.201 e. The average Bonchev–Trinajstić information content (AvgIpc) is 2.90. The van der Waals surface area contributed by atoms with Crippen LogP contribution in [-0.2, 0) is 13.0 Å². The minimum Gasteiger partial charge on any atom is -0.369 e. The quantitative estimate of drug-likeness (QED) is 0.797. The molecule has 5 heteroatoms. The van der Waals surface area contributed by atoms with Crippen molar-refractivity contribution in [2.75, 3.05) is 5.73 Å². The molecule has 2 heterocycles. The van der Waals surface area contributed by atoms with Crippen molar-refractivity contribution in [1.82, 2.24) is 14.5 Å². The van der Waals surface area contributed by atoms with Gasteiger partial charge in [-0.25, -0.2) is 9.97 Å². The number of nitrogens with zero attached hydrogens (tertiary/aromatic N) is 3. The van der Waals surface area contributed by atoms with Crippen LogP contribution in [0.1, 0.15) is 16.3 Å². The fourth-order valence-corrected chi connectivity index (χ4v) is 2.88. The first-order valence-electron chi connectivity index (χ1n) is 6.27. The lowest BCUT2D eigenvalue weighted by Gasteiger charge is -2.05. The lowest BCUT2D eigenvalue weighted by atomic mass is 10.2. The molecule has 0 aliphatic rings. The Balaban J connectivity index is 1.91. The molecule has 0 bridgehead atoms. The number of fused-ring (bicyclic) bond motifs is 1. The minimum atomic E-state index is 0.576. The molecular weight excluding hydrogens is 256 g/mol. The number of imidazole rings is 1. The number of thiazole rings is 1. The summed E-state index contributed by atoms with van der Waals surface area (Å²) >= 11 is 1.68. The third kappa shape index (κ3) is 2.33. The number of nitrogen functional groups attached to an aromatic ring is 1. The van der Waals surface area contributed by atoms with Gasteiger partial charge in [0.05, 0.1) is 21.7 Å². The molecule has 0 radical (unpaired) electrons. The molecule has 0 aliphatic heterocycles. The lowest BCUT2D eigenvalue weighted by Crippen LogP contribution is -2.06. The molecule has 3 rings (SSSR count). The van der Waals surface area contributed by atoms with Crippen molar-refractivity contribution in [3.05, 3.63) is 39.8 Å². The molecule has 0 spiro atoms. The Morgan fingerprint density at radius 2 is 2.11 bits per heavy atom. The van der Waals surface area contributed by atoms with E-state index in [2.05, 4.69) is 39.0 Å². The molecule has 19 heavy (non-hydrogen) atoms. The molecule has 0 fully saturated rings. The first-order chi connectivity index (χ1) is 9.13. The number of hydrogen-bond donors (Lipinski definition) is 1. The van der Waals surface area contributed by atoms with E-state index in [0.29, 0.717) is 5.95 Å². The summed E-state index contributed by atoms with van der Waals surface area (Å²) in [5.41, 5.74) is 10.4. The van der Waals surface area contributed by atoms with E-state index in [1.54, 1.807) is 11.3 Å². The molecule has 2 N–H and O–H groups in total. The molecule has 2 aromatic heterocycles. The zero-order chi connectivity index (χ0) is 13.4. The summed E-state index contributed by atoms with van der Waals surface area (Å²) in [6, 6.07) is 6.21. The van der Waals surface area contributed by atoms with Gasteiger partial charge in [-0.3, -0.25) is 0 Å². The van der Waals surface area contributed by atoms with Gasteiger partial charge in [0.15, 0.2) is 0 Å². The average molecular weight is 272 g/mol. The highest BCUT2D eigenvalue weighted by molar-refractivity contribution is 7.09. The van der Waals surface area contributed by atoms with Gasteiger partial charge in [0.1, 0.15) is 0 Å². The number of hydrogen-bond acceptors (Lipinski definition) is 4. The number of benzene rings is 1. The van der Waals surface area contributed by atoms with Crippen molar-refractivity contribution in [3.8, 4) is 0 Å². The van der Waals surface area contributed by atoms with Crippen molar-refractivity contribution in [2.24, 2.45) is 0 Å². The Labute approximate surface area is 115 Å². The van der Waals surface area contributed by atoms with Crippen LogP contribution in [-0.4, -0.2) is 14.5 Å². The predicted molar refractivity (Wildman–Crippen MR) is 79.4 cm³/mol. The van der Waals surface area contributed by atoms with E-state index in [1.807, 2.05) is 13.0 Å². The Kier molecular flexibility index (Phi) is 2.98. The summed E-state index contributed by atoms with van der Waals surface area (Å²) in [6.07, 6.45) is 0.883. The molecule has 0 saturated carbocycles. The van der Waals surface area contributed by atoms with Crippen molar-refractivity contribution in [1.29, 1.82) is 0 Å². The minimum absolute atomic E-state index is 0.576. The van der Waals surface area contributed by atoms with Crippen LogP contribution >= 0.6 is 11.3 Å². The van der Waals surface area contributed by atoms with Crippen LogP contribution in [0.25, 0.3) is 11.0 Å². The second kappa shape index (κ2) is 4.66. The summed E-state index contributed by atoms with van der Waals surface area (Å²) in [6.45, 7) is 4.92. The van der Waals surface area contributed by atoms with Crippen molar-refractivity contribution >= 4 is 28.3 Å². The van der Waals surface area contributed by atoms with Crippen LogP contribution in [0.3, 0.4) is 0 Å². The van der Waals surface area contributed by atoms with Gasteiger partial charge < -0.3 is 10.3 Å². The Hall–Kier alpha value is -1.88. The monoisotopic (exact) mass is 272 g/mol. The first-order valence-corrected chi connectivity index (χ1v) is 7.15. The summed E-state index contributed by atoms with van der Waals surface area (Å²) in [5, 5.41) is 3.21. The molecule has 0 atom stereocenters. The van der Waals surface area contributed by atoms with Gasteiger partial charge in [-0.05, 0) is 31.5 Å². The normalized spacial score (nSPS) is 11.3. The van der Waals surface area contributed by atoms with Gasteiger partial charge in [-0.2, -0.15) is 0 Å². The predicted octanol–water partition coefficient (Wildman–Crippen LogP) is 2.93. The molecule has 98 valence electrons. The fraction of sp³-hybridized carbons (Fsp3) is 0.286. The maximum Gasteiger partial charge on any atom is 0.201 e. The summed E-state index contributed by atoms with van der Waals surface area (Å²) < 4.78 is 2.07. The Bertz CT molecular complexity index is 726. The van der Waals surface area contributed by atoms with Crippen LogP contribution < -0.4 is 5.73 Å². The molecule has 0 amide bonds. The Morgan fingerprint density at radius 3 is 2.84 bits per heavy atom. The largest absolute Gasteiger partial charge is 0.369 e. The number of aryl methyl sites for hydroxylation is 4. The van der Waals surface area contributed by atoms with Crippen LogP contribution in [0.2, 0.25) is 0 Å². The first kappa shape index (κ1) is 12.2. The van der Waals surface area contributed by atoms with Crippen LogP contribution in [0.15, 0.2) is 23.6 Å². The second-order valence-corrected chi connectivity index (χ2v) is 5.78. The molecule has 0 aliphatic carbocycles. The van der Waals surface area contributed by atoms with Crippen molar-refractivity contribution in [3.63, 3.8) is 0 Å². The number of rotatable bonds is 3. The molecular formula is C14H16N4S. The maximum absolute atomic E-state index is 6.01. The zero-order valence-electron chi connectivity index (χ0n) is 11.1. The van der Waals surface area contributed by atoms with Gasteiger partial charge >= 0.3 is 0 Å². The SMILES string of the molecule is Cc1ccc2nc(N)n(CCc3csc(C)n3)c2c1. The van der Waals surface area contributed by atoms with Crippen LogP contribution in [0.5, 0.6) is 0 Å². The topological polar surface area (TPSA) is 56.7 Å². The summed E-state index contributed by atoms with van der Waals surface area (Å²) in [5.74, 6) is 0.576. The summed E-state index contributed by atoms with van der Waals surface area (Å²) in [4.78, 5) is 8.88. The number of anilines is 1. The standard InChI is InChI=1S/C14H16N4S/c1-9-3-4-12-13(7-9)18(14(15)17-12)6-5-11-8-19-10(2)16-11/h3-4,7-8H,5-6H2,1-2H3,(H2,15,17). The third-order valence-corrected chi connectivity index (χ3v) is 4.01. The molecule has 0 unspecified atom stereocenters. The van der Waals surface area contributed by atoms with Gasteiger partial charge in [0.25, 0.3) is 0 Å². The highest BCUT2D eigenvalue weighted by Crippen LogP contribution is 2.20. The van der Waals surface area contributed by atoms with E-state index in [1.165, 1.54) is 5.56 Å². The van der Waals surface area contributed by atoms with E-state index in [9.17, 15) is 0 Å². The lowest BCUT2D eigenvalue weighted by molar-refractivity contribution is 0.715. The third-order valence-electron chi connectivity index (χ3n) is 3.19. The van der Waals surface area contributed by atoms with Crippen molar-refractivity contribution < 1.29 is 0 Å². The fourth-order valence-electron chi connectivity index (χ4n) is 2.24. The van der Waals surface area contributed by atoms with E-state index in [4.69, 9.17) is 5.73 Å². The van der Waals surface area contributed by atoms with Crippen molar-refractivity contribution in [2.45, 2.75) is 26.8 Å². The zero-order valence-corrected chi connectivity index (χ0v) is 11.9. The molecule has 4 nitrogen and oxygen atoms in total. The summed E-state index contributed by atoms with van der Waals surface area (Å²) in [7, 11) is 0. The van der Waals surface area contributed by atoms with Gasteiger partial charge in [-0.1, -0.05) is 6.07 Å². The molecule has 0 saturated heterocycles. The number of aromatic nitrogens is 3. The van der Waals surface area contributed by atoms with E-state index < -0.39 is 0 Å². The maximum atomic E-state index is 6.01. The van der Waals surface area contributed by atoms with Gasteiger partial charge in [0.2, 0.25) is 5.95 Å². The Morgan fingerprint density at radius 1 is 1.26 bits per heavy atom. The van der Waals surface area contributed by atoms with Gasteiger partial charge in [-0.15, -0.1) is 11.3 Å². The number of nitrogens with two attached hydrogens (primary N) is 1. The van der Waals surface area contributed by atoms with Crippen LogP contribution in [0.4, 0.5) is 5.95 Å².